The van der Waals surface area contributed by atoms with Crippen LogP contribution >= 0.6 is 23.7 Å². The van der Waals surface area contributed by atoms with E-state index in [0.29, 0.717) is 11.3 Å². The molecule has 0 aliphatic carbocycles. The van der Waals surface area contributed by atoms with Crippen molar-refractivity contribution >= 4 is 28.7 Å². The van der Waals surface area contributed by atoms with E-state index in [-0.39, 0.29) is 22.3 Å². The fourth-order valence-corrected chi connectivity index (χ4v) is 1.57. The monoisotopic (exact) mass is 244 g/mol. The van der Waals surface area contributed by atoms with E-state index < -0.39 is 17.4 Å². The summed E-state index contributed by atoms with van der Waals surface area (Å²) >= 11 is 0.673. The van der Waals surface area contributed by atoms with Gasteiger partial charge in [0, 0.05) is 10.9 Å². The van der Waals surface area contributed by atoms with Gasteiger partial charge in [-0.1, -0.05) is 11.3 Å². The third-order valence-corrected chi connectivity index (χ3v) is 2.53. The molecule has 0 amide bonds. The normalized spacial score (nSPS) is 12.3. The van der Waals surface area contributed by atoms with Crippen LogP contribution in [-0.4, -0.2) is 11.3 Å². The SMILES string of the molecule is Cl.N[C@@H](c1ccc([N+](=O)[O-])s1)C(F)F. The maximum Gasteiger partial charge on any atom is 0.324 e. The number of hydrogen-bond donors (Lipinski definition) is 1. The van der Waals surface area contributed by atoms with Crippen LogP contribution in [0.5, 0.6) is 0 Å². The predicted molar refractivity (Wildman–Crippen MR) is 51.2 cm³/mol. The molecule has 1 aromatic heterocycles. The van der Waals surface area contributed by atoms with Gasteiger partial charge in [0.15, 0.2) is 0 Å². The lowest BCUT2D eigenvalue weighted by Gasteiger charge is -2.05. The molecule has 0 spiro atoms. The van der Waals surface area contributed by atoms with Crippen LogP contribution in [0.4, 0.5) is 13.8 Å². The molecule has 4 nitrogen and oxygen atoms in total. The number of nitro groups is 1. The van der Waals surface area contributed by atoms with Crippen molar-refractivity contribution in [3.05, 3.63) is 27.1 Å². The molecule has 0 aliphatic rings. The third kappa shape index (κ3) is 2.86. The number of thiophene rings is 1. The molecule has 0 saturated carbocycles. The van der Waals surface area contributed by atoms with Gasteiger partial charge in [0.1, 0.15) is 6.04 Å². The first-order valence-corrected chi connectivity index (χ1v) is 4.12. The fourth-order valence-electron chi connectivity index (χ4n) is 0.744. The Hall–Kier alpha value is -0.790. The zero-order valence-corrected chi connectivity index (χ0v) is 8.36. The highest BCUT2D eigenvalue weighted by atomic mass is 35.5. The molecule has 1 aromatic rings. The van der Waals surface area contributed by atoms with Crippen molar-refractivity contribution in [3.63, 3.8) is 0 Å². The average Bonchev–Trinajstić information content (AvgIpc) is 2.50. The predicted octanol–water partition coefficient (Wildman–Crippen LogP) is 2.34. The second-order valence-corrected chi connectivity index (χ2v) is 3.39. The van der Waals surface area contributed by atoms with Gasteiger partial charge in [-0.25, -0.2) is 8.78 Å². The van der Waals surface area contributed by atoms with Crippen LogP contribution in [0.3, 0.4) is 0 Å². The summed E-state index contributed by atoms with van der Waals surface area (Å²) in [6.45, 7) is 0. The highest BCUT2D eigenvalue weighted by Gasteiger charge is 2.21. The molecule has 8 heteroatoms. The molecule has 2 N–H and O–H groups in total. The van der Waals surface area contributed by atoms with Gasteiger partial charge < -0.3 is 5.73 Å². The number of alkyl halides is 2. The Morgan fingerprint density at radius 3 is 2.43 bits per heavy atom. The molecule has 0 aliphatic heterocycles. The largest absolute Gasteiger partial charge is 0.324 e. The van der Waals surface area contributed by atoms with E-state index in [0.717, 1.165) is 0 Å². The van der Waals surface area contributed by atoms with Crippen LogP contribution in [0.15, 0.2) is 12.1 Å². The summed E-state index contributed by atoms with van der Waals surface area (Å²) < 4.78 is 24.1. The molecular weight excluding hydrogens is 238 g/mol. The molecule has 0 radical (unpaired) electrons. The minimum absolute atomic E-state index is 0. The Morgan fingerprint density at radius 2 is 2.07 bits per heavy atom. The summed E-state index contributed by atoms with van der Waals surface area (Å²) in [7, 11) is 0. The van der Waals surface area contributed by atoms with E-state index in [1.54, 1.807) is 0 Å². The third-order valence-electron chi connectivity index (χ3n) is 1.39. The molecular formula is C6H7ClF2N2O2S. The Labute approximate surface area is 88.3 Å². The van der Waals surface area contributed by atoms with Crippen LogP contribution in [0.2, 0.25) is 0 Å². The average molecular weight is 245 g/mol. The van der Waals surface area contributed by atoms with E-state index in [9.17, 15) is 18.9 Å². The van der Waals surface area contributed by atoms with Gasteiger partial charge in [-0.3, -0.25) is 10.1 Å². The Bertz CT molecular complexity index is 321. The maximum atomic E-state index is 12.0. The van der Waals surface area contributed by atoms with Crippen LogP contribution in [-0.2, 0) is 0 Å². The maximum absolute atomic E-state index is 12.0. The van der Waals surface area contributed by atoms with Gasteiger partial charge in [0.25, 0.3) is 6.43 Å². The Morgan fingerprint density at radius 1 is 1.50 bits per heavy atom. The van der Waals surface area contributed by atoms with E-state index >= 15 is 0 Å². The quantitative estimate of drug-likeness (QED) is 0.655. The van der Waals surface area contributed by atoms with Crippen molar-refractivity contribution in [1.29, 1.82) is 0 Å². The molecule has 0 aromatic carbocycles. The topological polar surface area (TPSA) is 69.2 Å². The van der Waals surface area contributed by atoms with Gasteiger partial charge in [0.2, 0.25) is 0 Å². The zero-order valence-electron chi connectivity index (χ0n) is 6.72. The van der Waals surface area contributed by atoms with Gasteiger partial charge in [-0.05, 0) is 6.07 Å². The molecule has 0 unspecified atom stereocenters. The summed E-state index contributed by atoms with van der Waals surface area (Å²) in [5, 5.41) is 10.0. The van der Waals surface area contributed by atoms with Crippen molar-refractivity contribution in [2.24, 2.45) is 5.73 Å². The van der Waals surface area contributed by atoms with Gasteiger partial charge in [-0.15, -0.1) is 12.4 Å². The molecule has 80 valence electrons. The second kappa shape index (κ2) is 5.18. The lowest BCUT2D eigenvalue weighted by molar-refractivity contribution is -0.380. The second-order valence-electron chi connectivity index (χ2n) is 2.29. The number of halogens is 3. The van der Waals surface area contributed by atoms with Crippen LogP contribution in [0.1, 0.15) is 10.9 Å². The first-order valence-electron chi connectivity index (χ1n) is 3.30. The molecule has 0 fully saturated rings. The van der Waals surface area contributed by atoms with Crippen molar-refractivity contribution < 1.29 is 13.7 Å². The highest BCUT2D eigenvalue weighted by Crippen LogP contribution is 2.30. The summed E-state index contributed by atoms with van der Waals surface area (Å²) in [5.41, 5.74) is 5.09. The smallest absolute Gasteiger partial charge is 0.319 e. The summed E-state index contributed by atoms with van der Waals surface area (Å²) in [6, 6.07) is 0.987. The van der Waals surface area contributed by atoms with Crippen molar-refractivity contribution in [2.75, 3.05) is 0 Å². The van der Waals surface area contributed by atoms with Crippen molar-refractivity contribution in [2.45, 2.75) is 12.5 Å². The van der Waals surface area contributed by atoms with Crippen molar-refractivity contribution in [1.82, 2.24) is 0 Å². The summed E-state index contributed by atoms with van der Waals surface area (Å²) in [4.78, 5) is 9.69. The summed E-state index contributed by atoms with van der Waals surface area (Å²) in [6.07, 6.45) is -2.70. The first-order chi connectivity index (χ1) is 6.02. The fraction of sp³-hybridized carbons (Fsp3) is 0.333. The zero-order chi connectivity index (χ0) is 10.0. The molecule has 1 heterocycles. The molecule has 14 heavy (non-hydrogen) atoms. The number of rotatable bonds is 3. The standard InChI is InChI=1S/C6H6F2N2O2S.ClH/c7-6(8)5(9)3-1-2-4(13-3)10(11)12;/h1-2,5-6H,9H2;1H/t5-;/m0./s1. The number of nitrogens with zero attached hydrogens (tertiary/aromatic N) is 1. The number of nitrogens with two attached hydrogens (primary N) is 1. The van der Waals surface area contributed by atoms with E-state index in [4.69, 9.17) is 5.73 Å². The van der Waals surface area contributed by atoms with Gasteiger partial charge in [0.05, 0.1) is 4.92 Å². The molecule has 1 atom stereocenters. The van der Waals surface area contributed by atoms with Crippen LogP contribution in [0.25, 0.3) is 0 Å². The Balaban J connectivity index is 0.00000169. The highest BCUT2D eigenvalue weighted by molar-refractivity contribution is 7.15. The molecule has 1 rings (SSSR count). The lowest BCUT2D eigenvalue weighted by atomic mass is 10.3. The number of hydrogen-bond acceptors (Lipinski definition) is 4. The van der Waals surface area contributed by atoms with Gasteiger partial charge in [-0.2, -0.15) is 0 Å². The molecule has 0 saturated heterocycles. The Kier molecular flexibility index (Phi) is 4.89. The van der Waals surface area contributed by atoms with Crippen molar-refractivity contribution in [3.8, 4) is 0 Å². The van der Waals surface area contributed by atoms with E-state index in [1.165, 1.54) is 12.1 Å². The first kappa shape index (κ1) is 13.2. The summed E-state index contributed by atoms with van der Waals surface area (Å²) in [5.74, 6) is 0. The van der Waals surface area contributed by atoms with Crippen LogP contribution in [0, 0.1) is 10.1 Å². The van der Waals surface area contributed by atoms with E-state index in [2.05, 4.69) is 0 Å². The van der Waals surface area contributed by atoms with Crippen LogP contribution < -0.4 is 5.73 Å². The minimum atomic E-state index is -2.70. The minimum Gasteiger partial charge on any atom is -0.319 e. The van der Waals surface area contributed by atoms with E-state index in [1.807, 2.05) is 0 Å². The lowest BCUT2D eigenvalue weighted by Crippen LogP contribution is -2.17. The van der Waals surface area contributed by atoms with Gasteiger partial charge >= 0.3 is 5.00 Å². The molecule has 0 bridgehead atoms.